The number of nitrogens with zero attached hydrogens (tertiary/aromatic N) is 1. The fourth-order valence-corrected chi connectivity index (χ4v) is 5.42. The summed E-state index contributed by atoms with van der Waals surface area (Å²) in [5, 5.41) is 1.05. The van der Waals surface area contributed by atoms with E-state index in [-0.39, 0.29) is 24.5 Å². The molecule has 0 bridgehead atoms. The van der Waals surface area contributed by atoms with Gasteiger partial charge in [-0.05, 0) is 61.4 Å². The normalized spacial score (nSPS) is 20.3. The Bertz CT molecular complexity index is 965. The molecule has 2 aromatic rings. The predicted molar refractivity (Wildman–Crippen MR) is 113 cm³/mol. The van der Waals surface area contributed by atoms with Gasteiger partial charge in [0.25, 0.3) is 0 Å². The van der Waals surface area contributed by atoms with Crippen molar-refractivity contribution < 1.29 is 17.9 Å². The number of piperidine rings is 1. The molecule has 156 valence electrons. The smallest absolute Gasteiger partial charge is 0.243 e. The highest BCUT2D eigenvalue weighted by molar-refractivity contribution is 7.89. The van der Waals surface area contributed by atoms with Crippen LogP contribution in [0.3, 0.4) is 0 Å². The Labute approximate surface area is 180 Å². The van der Waals surface area contributed by atoms with E-state index >= 15 is 0 Å². The van der Waals surface area contributed by atoms with Crippen LogP contribution in [-0.2, 0) is 14.8 Å². The van der Waals surface area contributed by atoms with Crippen molar-refractivity contribution in [2.24, 2.45) is 11.1 Å². The molecule has 0 unspecified atom stereocenters. The first kappa shape index (κ1) is 21.9. The first-order chi connectivity index (χ1) is 13.7. The molecule has 9 heteroatoms. The largest absolute Gasteiger partial charge is 0.493 e. The zero-order valence-electron chi connectivity index (χ0n) is 15.7. The van der Waals surface area contributed by atoms with Crippen LogP contribution in [0.1, 0.15) is 19.3 Å². The quantitative estimate of drug-likeness (QED) is 0.687. The summed E-state index contributed by atoms with van der Waals surface area (Å²) in [5.74, 6) is 0.103. The molecule has 2 N–H and O–H groups in total. The second kappa shape index (κ2) is 8.92. The second-order valence-electron chi connectivity index (χ2n) is 7.28. The van der Waals surface area contributed by atoms with Gasteiger partial charge in [0, 0.05) is 35.0 Å². The molecule has 1 aliphatic heterocycles. The number of hydrogen-bond acceptors (Lipinski definition) is 4. The monoisotopic (exact) mass is 456 g/mol. The fraction of sp³-hybridized carbons (Fsp3) is 0.350. The zero-order valence-corrected chi connectivity index (χ0v) is 18.0. The summed E-state index contributed by atoms with van der Waals surface area (Å²) in [7, 11) is -3.72. The first-order valence-corrected chi connectivity index (χ1v) is 11.3. The molecule has 0 saturated carbocycles. The Morgan fingerprint density at radius 3 is 2.24 bits per heavy atom. The summed E-state index contributed by atoms with van der Waals surface area (Å²) in [6.07, 6.45) is 1.27. The van der Waals surface area contributed by atoms with E-state index in [0.29, 0.717) is 35.2 Å². The molecule has 0 spiro atoms. The van der Waals surface area contributed by atoms with E-state index in [4.69, 9.17) is 33.7 Å². The van der Waals surface area contributed by atoms with Gasteiger partial charge < -0.3 is 10.5 Å². The number of carbonyl (C=O) groups excluding carboxylic acids is 1. The Kier molecular flexibility index (Phi) is 6.73. The number of benzene rings is 2. The first-order valence-electron chi connectivity index (χ1n) is 9.13. The average molecular weight is 457 g/mol. The molecular formula is C20H22Cl2N2O4S. The number of halogens is 2. The lowest BCUT2D eigenvalue weighted by Crippen LogP contribution is -2.50. The number of amides is 1. The molecule has 2 aromatic carbocycles. The van der Waals surface area contributed by atoms with E-state index in [1.54, 1.807) is 36.4 Å². The molecule has 3 rings (SSSR count). The van der Waals surface area contributed by atoms with Crippen LogP contribution in [0.2, 0.25) is 10.0 Å². The Balaban J connectivity index is 1.82. The van der Waals surface area contributed by atoms with Crippen LogP contribution >= 0.6 is 23.2 Å². The summed E-state index contributed by atoms with van der Waals surface area (Å²) in [6.45, 7) is 0.686. The molecule has 1 fully saturated rings. The highest BCUT2D eigenvalue weighted by atomic mass is 35.5. The molecule has 0 aromatic heterocycles. The van der Waals surface area contributed by atoms with Gasteiger partial charge in [0.15, 0.2) is 0 Å². The molecule has 6 nitrogen and oxygen atoms in total. The molecule has 29 heavy (non-hydrogen) atoms. The van der Waals surface area contributed by atoms with Crippen LogP contribution in [0.25, 0.3) is 0 Å². The summed E-state index contributed by atoms with van der Waals surface area (Å²) in [4.78, 5) is 11.9. The van der Waals surface area contributed by atoms with Gasteiger partial charge in [0.05, 0.1) is 11.5 Å². The van der Waals surface area contributed by atoms with E-state index in [9.17, 15) is 13.2 Å². The lowest BCUT2D eigenvalue weighted by molar-refractivity contribution is -0.121. The highest BCUT2D eigenvalue weighted by Gasteiger charge is 2.42. The molecule has 1 amide bonds. The minimum Gasteiger partial charge on any atom is -0.493 e. The van der Waals surface area contributed by atoms with Gasteiger partial charge in [0.1, 0.15) is 5.75 Å². The van der Waals surface area contributed by atoms with Crippen molar-refractivity contribution in [3.63, 3.8) is 0 Å². The summed E-state index contributed by atoms with van der Waals surface area (Å²) < 4.78 is 33.5. The van der Waals surface area contributed by atoms with E-state index in [1.165, 1.54) is 16.4 Å². The Morgan fingerprint density at radius 1 is 1.07 bits per heavy atom. The van der Waals surface area contributed by atoms with E-state index in [1.807, 2.05) is 0 Å². The standard InChI is InChI=1S/C20H22Cl2N2O4S/c21-15-2-6-17(7-3-15)28-14-20(12-19(23)25)10-1-11-24(13-20)29(26,27)18-8-4-16(22)5-9-18/h2-9H,1,10-14H2,(H2,23,25)/t20-/m1/s1. The maximum Gasteiger partial charge on any atom is 0.243 e. The third kappa shape index (κ3) is 5.42. The minimum atomic E-state index is -3.72. The van der Waals surface area contributed by atoms with Gasteiger partial charge in [-0.25, -0.2) is 8.42 Å². The van der Waals surface area contributed by atoms with Gasteiger partial charge in [-0.1, -0.05) is 23.2 Å². The van der Waals surface area contributed by atoms with E-state index in [2.05, 4.69) is 0 Å². The lowest BCUT2D eigenvalue weighted by atomic mass is 9.78. The number of rotatable bonds is 7. The van der Waals surface area contributed by atoms with Crippen molar-refractivity contribution in [1.29, 1.82) is 0 Å². The number of primary amides is 1. The highest BCUT2D eigenvalue weighted by Crippen LogP contribution is 2.37. The van der Waals surface area contributed by atoms with E-state index < -0.39 is 21.3 Å². The molecule has 1 atom stereocenters. The molecular weight excluding hydrogens is 435 g/mol. The topological polar surface area (TPSA) is 89.7 Å². The number of sulfonamides is 1. The SMILES string of the molecule is NC(=O)C[C@]1(COc2ccc(Cl)cc2)CCCN(S(=O)(=O)c2ccc(Cl)cc2)C1. The van der Waals surface area contributed by atoms with Crippen LogP contribution in [0.15, 0.2) is 53.4 Å². The molecule has 0 radical (unpaired) electrons. The number of nitrogens with two attached hydrogens (primary N) is 1. The fourth-order valence-electron chi connectivity index (χ4n) is 3.57. The van der Waals surface area contributed by atoms with Crippen molar-refractivity contribution >= 4 is 39.1 Å². The lowest BCUT2D eigenvalue weighted by Gasteiger charge is -2.41. The van der Waals surface area contributed by atoms with Crippen molar-refractivity contribution in [1.82, 2.24) is 4.31 Å². The van der Waals surface area contributed by atoms with Gasteiger partial charge in [-0.2, -0.15) is 4.31 Å². The average Bonchev–Trinajstić information content (AvgIpc) is 2.67. The molecule has 1 heterocycles. The summed E-state index contributed by atoms with van der Waals surface area (Å²) in [6, 6.07) is 12.9. The zero-order chi connectivity index (χ0) is 21.1. The Hall–Kier alpha value is -1.80. The van der Waals surface area contributed by atoms with Crippen molar-refractivity contribution in [2.45, 2.75) is 24.2 Å². The van der Waals surface area contributed by atoms with Gasteiger partial charge in [-0.15, -0.1) is 0 Å². The molecule has 0 aliphatic carbocycles. The van der Waals surface area contributed by atoms with Gasteiger partial charge in [-0.3, -0.25) is 4.79 Å². The number of ether oxygens (including phenoxy) is 1. The van der Waals surface area contributed by atoms with Crippen LogP contribution < -0.4 is 10.5 Å². The molecule has 1 saturated heterocycles. The number of hydrogen-bond donors (Lipinski definition) is 1. The van der Waals surface area contributed by atoms with E-state index in [0.717, 1.165) is 0 Å². The number of carbonyl (C=O) groups is 1. The summed E-state index contributed by atoms with van der Waals surface area (Å²) in [5.41, 5.74) is 4.78. The maximum absolute atomic E-state index is 13.1. The van der Waals surface area contributed by atoms with Gasteiger partial charge in [0.2, 0.25) is 15.9 Å². The van der Waals surface area contributed by atoms with Crippen molar-refractivity contribution in [3.8, 4) is 5.75 Å². The second-order valence-corrected chi connectivity index (χ2v) is 10.1. The molecule has 1 aliphatic rings. The van der Waals surface area contributed by atoms with Gasteiger partial charge >= 0.3 is 0 Å². The van der Waals surface area contributed by atoms with Crippen molar-refractivity contribution in [2.75, 3.05) is 19.7 Å². The minimum absolute atomic E-state index is 0.0349. The Morgan fingerprint density at radius 2 is 1.66 bits per heavy atom. The predicted octanol–water partition coefficient (Wildman–Crippen LogP) is 3.72. The summed E-state index contributed by atoms with van der Waals surface area (Å²) >= 11 is 11.8. The van der Waals surface area contributed by atoms with Crippen LogP contribution in [0, 0.1) is 5.41 Å². The van der Waals surface area contributed by atoms with Crippen LogP contribution in [0.5, 0.6) is 5.75 Å². The van der Waals surface area contributed by atoms with Crippen molar-refractivity contribution in [3.05, 3.63) is 58.6 Å². The van der Waals surface area contributed by atoms with Crippen LogP contribution in [0.4, 0.5) is 0 Å². The third-order valence-corrected chi connectivity index (χ3v) is 7.35. The maximum atomic E-state index is 13.1. The third-order valence-electron chi connectivity index (χ3n) is 4.99. The van der Waals surface area contributed by atoms with Crippen LogP contribution in [-0.4, -0.2) is 38.3 Å².